The summed E-state index contributed by atoms with van der Waals surface area (Å²) < 4.78 is 0.784. The number of non-ortho nitro benzene ring substituents is 1. The fourth-order valence-electron chi connectivity index (χ4n) is 2.99. The number of nitrogens with one attached hydrogen (secondary N) is 1. The Morgan fingerprint density at radius 3 is 2.54 bits per heavy atom. The molecule has 0 saturated carbocycles. The molecule has 0 radical (unpaired) electrons. The average molecular weight is 418 g/mol. The molecule has 1 fully saturated rings. The minimum atomic E-state index is -0.406. The van der Waals surface area contributed by atoms with Crippen molar-refractivity contribution >= 4 is 55.7 Å². The smallest absolute Gasteiger partial charge is 0.321 e. The Kier molecular flexibility index (Phi) is 5.01. The number of piperazine rings is 1. The van der Waals surface area contributed by atoms with Gasteiger partial charge in [-0.3, -0.25) is 10.1 Å². The molecule has 1 aliphatic heterocycles. The van der Waals surface area contributed by atoms with Crippen LogP contribution < -0.4 is 10.2 Å². The maximum absolute atomic E-state index is 12.4. The summed E-state index contributed by atoms with van der Waals surface area (Å²) in [5.74, 6) is 0. The lowest BCUT2D eigenvalue weighted by Crippen LogP contribution is -2.50. The van der Waals surface area contributed by atoms with Gasteiger partial charge in [-0.05, 0) is 30.3 Å². The zero-order chi connectivity index (χ0) is 19.7. The summed E-state index contributed by atoms with van der Waals surface area (Å²) >= 11 is 7.29. The van der Waals surface area contributed by atoms with Crippen molar-refractivity contribution in [2.45, 2.75) is 0 Å². The van der Waals surface area contributed by atoms with Crippen molar-refractivity contribution in [2.75, 3.05) is 36.4 Å². The quantitative estimate of drug-likeness (QED) is 0.509. The third-order valence-corrected chi connectivity index (χ3v) is 5.84. The van der Waals surface area contributed by atoms with E-state index in [1.54, 1.807) is 41.3 Å². The van der Waals surface area contributed by atoms with Gasteiger partial charge in [-0.2, -0.15) is 0 Å². The van der Waals surface area contributed by atoms with E-state index in [-0.39, 0.29) is 11.7 Å². The third-order valence-electron chi connectivity index (χ3n) is 4.50. The fourth-order valence-corrected chi connectivity index (χ4v) is 4.16. The summed E-state index contributed by atoms with van der Waals surface area (Å²) in [7, 11) is 0. The maximum atomic E-state index is 12.4. The van der Waals surface area contributed by atoms with Crippen LogP contribution in [0.5, 0.6) is 0 Å². The molecular formula is C18H16ClN5O3S. The molecule has 4 rings (SSSR count). The van der Waals surface area contributed by atoms with Crippen LogP contribution in [0.1, 0.15) is 0 Å². The predicted octanol–water partition coefficient (Wildman–Crippen LogP) is 4.21. The second-order valence-electron chi connectivity index (χ2n) is 6.32. The Bertz CT molecular complexity index is 1030. The Morgan fingerprint density at radius 1 is 1.14 bits per heavy atom. The van der Waals surface area contributed by atoms with E-state index in [2.05, 4.69) is 15.2 Å². The Hall–Kier alpha value is -2.91. The van der Waals surface area contributed by atoms with Gasteiger partial charge in [0.15, 0.2) is 5.13 Å². The van der Waals surface area contributed by atoms with E-state index < -0.39 is 4.92 Å². The molecule has 8 nitrogen and oxygen atoms in total. The van der Waals surface area contributed by atoms with Gasteiger partial charge in [0.1, 0.15) is 0 Å². The van der Waals surface area contributed by atoms with Crippen LogP contribution in [0.2, 0.25) is 5.02 Å². The number of aromatic nitrogens is 1. The lowest BCUT2D eigenvalue weighted by Gasteiger charge is -2.34. The first-order valence-electron chi connectivity index (χ1n) is 8.61. The van der Waals surface area contributed by atoms with E-state index in [0.29, 0.717) is 36.9 Å². The number of hydrogen-bond acceptors (Lipinski definition) is 6. The normalized spacial score (nSPS) is 14.3. The molecule has 1 aliphatic rings. The summed E-state index contributed by atoms with van der Waals surface area (Å²) in [6, 6.07) is 11.5. The number of hydrogen-bond donors (Lipinski definition) is 1. The number of thiazole rings is 1. The van der Waals surface area contributed by atoms with Crippen LogP contribution in [0.25, 0.3) is 10.2 Å². The number of anilines is 2. The Morgan fingerprint density at radius 2 is 1.86 bits per heavy atom. The van der Waals surface area contributed by atoms with Crippen LogP contribution in [0, 0.1) is 10.1 Å². The highest BCUT2D eigenvalue weighted by Gasteiger charge is 2.23. The van der Waals surface area contributed by atoms with Crippen LogP contribution in [-0.2, 0) is 0 Å². The first kappa shape index (κ1) is 18.5. The Balaban J connectivity index is 1.39. The lowest BCUT2D eigenvalue weighted by atomic mass is 10.3. The number of nitrogens with zero attached hydrogens (tertiary/aromatic N) is 4. The predicted molar refractivity (Wildman–Crippen MR) is 111 cm³/mol. The number of urea groups is 1. The number of carbonyl (C=O) groups excluding carboxylic acids is 1. The largest absolute Gasteiger partial charge is 0.345 e. The van der Waals surface area contributed by atoms with Gasteiger partial charge in [-0.25, -0.2) is 9.78 Å². The van der Waals surface area contributed by atoms with Crippen molar-refractivity contribution in [3.63, 3.8) is 0 Å². The molecule has 10 heteroatoms. The summed E-state index contributed by atoms with van der Waals surface area (Å²) in [6.45, 7) is 2.43. The highest BCUT2D eigenvalue weighted by atomic mass is 35.5. The standard InChI is InChI=1S/C18H16ClN5O3S/c19-12-1-3-13(4-2-12)20-17(25)22-7-9-23(10-8-22)18-21-15-6-5-14(24(26)27)11-16(15)28-18/h1-6,11H,7-10H2,(H,20,25). The van der Waals surface area contributed by atoms with E-state index in [1.807, 2.05) is 0 Å². The number of fused-ring (bicyclic) bond motifs is 1. The minimum Gasteiger partial charge on any atom is -0.345 e. The van der Waals surface area contributed by atoms with Gasteiger partial charge in [0.25, 0.3) is 5.69 Å². The van der Waals surface area contributed by atoms with Crippen LogP contribution in [0.15, 0.2) is 42.5 Å². The van der Waals surface area contributed by atoms with E-state index in [0.717, 1.165) is 15.3 Å². The first-order chi connectivity index (χ1) is 13.5. The van der Waals surface area contributed by atoms with E-state index >= 15 is 0 Å². The molecule has 1 aromatic heterocycles. The summed E-state index contributed by atoms with van der Waals surface area (Å²) in [6.07, 6.45) is 0. The van der Waals surface area contributed by atoms with Crippen molar-refractivity contribution in [1.29, 1.82) is 0 Å². The molecule has 1 N–H and O–H groups in total. The molecule has 0 bridgehead atoms. The molecule has 2 heterocycles. The molecule has 1 saturated heterocycles. The van der Waals surface area contributed by atoms with Gasteiger partial charge in [0.05, 0.1) is 15.1 Å². The topological polar surface area (TPSA) is 91.6 Å². The number of benzene rings is 2. The molecule has 3 aromatic rings. The molecule has 0 aliphatic carbocycles. The van der Waals surface area contributed by atoms with E-state index in [1.165, 1.54) is 17.4 Å². The number of rotatable bonds is 3. The van der Waals surface area contributed by atoms with Gasteiger partial charge in [0, 0.05) is 49.0 Å². The van der Waals surface area contributed by atoms with E-state index in [4.69, 9.17) is 11.6 Å². The van der Waals surface area contributed by atoms with Crippen molar-refractivity contribution in [3.05, 3.63) is 57.6 Å². The number of amides is 2. The summed E-state index contributed by atoms with van der Waals surface area (Å²) in [5.41, 5.74) is 1.50. The van der Waals surface area contributed by atoms with Gasteiger partial charge < -0.3 is 15.1 Å². The summed E-state index contributed by atoms with van der Waals surface area (Å²) in [5, 5.41) is 15.2. The third kappa shape index (κ3) is 3.85. The van der Waals surface area contributed by atoms with Crippen molar-refractivity contribution in [3.8, 4) is 0 Å². The zero-order valence-electron chi connectivity index (χ0n) is 14.7. The van der Waals surface area contributed by atoms with Crippen LogP contribution in [0.3, 0.4) is 0 Å². The van der Waals surface area contributed by atoms with Crippen LogP contribution >= 0.6 is 22.9 Å². The van der Waals surface area contributed by atoms with Gasteiger partial charge >= 0.3 is 6.03 Å². The lowest BCUT2D eigenvalue weighted by molar-refractivity contribution is -0.384. The highest BCUT2D eigenvalue weighted by Crippen LogP contribution is 2.31. The Labute approximate surface area is 169 Å². The van der Waals surface area contributed by atoms with Gasteiger partial charge in [-0.1, -0.05) is 22.9 Å². The molecule has 144 valence electrons. The van der Waals surface area contributed by atoms with E-state index in [9.17, 15) is 14.9 Å². The molecular weight excluding hydrogens is 402 g/mol. The van der Waals surface area contributed by atoms with Crippen LogP contribution in [0.4, 0.5) is 21.3 Å². The van der Waals surface area contributed by atoms with Crippen molar-refractivity contribution in [2.24, 2.45) is 0 Å². The van der Waals surface area contributed by atoms with Crippen molar-refractivity contribution in [1.82, 2.24) is 9.88 Å². The second-order valence-corrected chi connectivity index (χ2v) is 7.76. The second kappa shape index (κ2) is 7.61. The first-order valence-corrected chi connectivity index (χ1v) is 9.80. The van der Waals surface area contributed by atoms with Crippen LogP contribution in [-0.4, -0.2) is 47.0 Å². The molecule has 0 spiro atoms. The molecule has 2 amide bonds. The molecule has 0 unspecified atom stereocenters. The minimum absolute atomic E-state index is 0.0615. The number of halogens is 1. The van der Waals surface area contributed by atoms with Gasteiger partial charge in [-0.15, -0.1) is 0 Å². The monoisotopic (exact) mass is 417 g/mol. The fraction of sp³-hybridized carbons (Fsp3) is 0.222. The summed E-state index contributed by atoms with van der Waals surface area (Å²) in [4.78, 5) is 31.4. The SMILES string of the molecule is O=C(Nc1ccc(Cl)cc1)N1CCN(c2nc3ccc([N+](=O)[O-])cc3s2)CC1. The zero-order valence-corrected chi connectivity index (χ0v) is 16.2. The molecule has 28 heavy (non-hydrogen) atoms. The average Bonchev–Trinajstić information content (AvgIpc) is 3.13. The molecule has 0 atom stereocenters. The molecule has 2 aromatic carbocycles. The van der Waals surface area contributed by atoms with Crippen molar-refractivity contribution < 1.29 is 9.72 Å². The number of nitro groups is 1. The number of carbonyl (C=O) groups is 1. The van der Waals surface area contributed by atoms with Gasteiger partial charge in [0.2, 0.25) is 0 Å². The maximum Gasteiger partial charge on any atom is 0.321 e. The highest BCUT2D eigenvalue weighted by molar-refractivity contribution is 7.22. The number of nitro benzene ring substituents is 1.